The van der Waals surface area contributed by atoms with Gasteiger partial charge < -0.3 is 19.5 Å². The quantitative estimate of drug-likeness (QED) is 0.735. The van der Waals surface area contributed by atoms with Crippen molar-refractivity contribution in [2.24, 2.45) is 11.8 Å². The van der Waals surface area contributed by atoms with Crippen LogP contribution >= 0.6 is 0 Å². The summed E-state index contributed by atoms with van der Waals surface area (Å²) in [7, 11) is 0. The van der Waals surface area contributed by atoms with Gasteiger partial charge in [0.25, 0.3) is 0 Å². The second-order valence-electron chi connectivity index (χ2n) is 8.08. The molecule has 0 spiro atoms. The Morgan fingerprint density at radius 1 is 1.00 bits per heavy atom. The zero-order valence-electron chi connectivity index (χ0n) is 15.5. The lowest BCUT2D eigenvalue weighted by Crippen LogP contribution is -2.42. The highest BCUT2D eigenvalue weighted by Crippen LogP contribution is 2.35. The third kappa shape index (κ3) is 4.80. The van der Waals surface area contributed by atoms with Crippen molar-refractivity contribution >= 4 is 12.1 Å². The van der Waals surface area contributed by atoms with Gasteiger partial charge in [-0.15, -0.1) is 0 Å². The second-order valence-corrected chi connectivity index (χ2v) is 8.08. The molecule has 6 heteroatoms. The lowest BCUT2D eigenvalue weighted by atomic mass is 9.93. The van der Waals surface area contributed by atoms with E-state index in [4.69, 9.17) is 9.47 Å². The van der Waals surface area contributed by atoms with E-state index in [0.29, 0.717) is 37.0 Å². The fourth-order valence-electron chi connectivity index (χ4n) is 3.59. The predicted octanol–water partition coefficient (Wildman–Crippen LogP) is 3.86. The van der Waals surface area contributed by atoms with Gasteiger partial charge in [0.2, 0.25) is 0 Å². The summed E-state index contributed by atoms with van der Waals surface area (Å²) in [5.74, 6) is 0.923. The van der Waals surface area contributed by atoms with Crippen molar-refractivity contribution in [3.05, 3.63) is 35.4 Å². The SMILES string of the molecule is O=C(OCC1CC1)c1ccc(C2CC(OCC3CC3)CCN2C(=O)O)cc1. The van der Waals surface area contributed by atoms with Gasteiger partial charge in [-0.2, -0.15) is 0 Å². The Morgan fingerprint density at radius 3 is 2.30 bits per heavy atom. The highest BCUT2D eigenvalue weighted by atomic mass is 16.5. The van der Waals surface area contributed by atoms with Gasteiger partial charge in [0.15, 0.2) is 0 Å². The van der Waals surface area contributed by atoms with Crippen LogP contribution in [-0.4, -0.2) is 47.9 Å². The van der Waals surface area contributed by atoms with Crippen LogP contribution in [0.1, 0.15) is 60.5 Å². The molecule has 0 aromatic heterocycles. The summed E-state index contributed by atoms with van der Waals surface area (Å²) in [5.41, 5.74) is 1.41. The smallest absolute Gasteiger partial charge is 0.407 e. The summed E-state index contributed by atoms with van der Waals surface area (Å²) in [4.78, 5) is 25.2. The number of benzene rings is 1. The molecular weight excluding hydrogens is 346 g/mol. The Kier molecular flexibility index (Phi) is 5.34. The topological polar surface area (TPSA) is 76.1 Å². The summed E-state index contributed by atoms with van der Waals surface area (Å²) in [6.45, 7) is 1.76. The van der Waals surface area contributed by atoms with Crippen molar-refractivity contribution in [1.29, 1.82) is 0 Å². The van der Waals surface area contributed by atoms with E-state index in [1.54, 1.807) is 12.1 Å². The number of nitrogens with zero attached hydrogens (tertiary/aromatic N) is 1. The molecule has 1 aromatic rings. The summed E-state index contributed by atoms with van der Waals surface area (Å²) in [5, 5.41) is 9.57. The number of carboxylic acid groups (broad SMARTS) is 1. The molecule has 2 atom stereocenters. The number of likely N-dealkylation sites (tertiary alicyclic amines) is 1. The first-order valence-electron chi connectivity index (χ1n) is 9.98. The molecule has 0 radical (unpaired) electrons. The number of esters is 1. The van der Waals surface area contributed by atoms with Crippen molar-refractivity contribution in [2.75, 3.05) is 19.8 Å². The van der Waals surface area contributed by atoms with Crippen LogP contribution in [0.3, 0.4) is 0 Å². The summed E-state index contributed by atoms with van der Waals surface area (Å²) in [6, 6.07) is 6.92. The molecule has 2 saturated carbocycles. The van der Waals surface area contributed by atoms with E-state index >= 15 is 0 Å². The lowest BCUT2D eigenvalue weighted by molar-refractivity contribution is -0.0154. The minimum atomic E-state index is -0.909. The highest BCUT2D eigenvalue weighted by molar-refractivity contribution is 5.89. The van der Waals surface area contributed by atoms with Crippen LogP contribution < -0.4 is 0 Å². The summed E-state index contributed by atoms with van der Waals surface area (Å²) < 4.78 is 11.3. The van der Waals surface area contributed by atoms with E-state index in [1.807, 2.05) is 12.1 Å². The number of rotatable bonds is 7. The predicted molar refractivity (Wildman–Crippen MR) is 98.6 cm³/mol. The largest absolute Gasteiger partial charge is 0.465 e. The van der Waals surface area contributed by atoms with Gasteiger partial charge in [0, 0.05) is 13.2 Å². The zero-order valence-corrected chi connectivity index (χ0v) is 15.5. The standard InChI is InChI=1S/C21H27NO5/c23-20(27-13-15-3-4-15)17-7-5-16(6-8-17)19-11-18(26-12-14-1-2-14)9-10-22(19)21(24)25/h5-8,14-15,18-19H,1-4,9-13H2,(H,24,25). The number of carbonyl (C=O) groups is 2. The molecule has 2 unspecified atom stereocenters. The van der Waals surface area contributed by atoms with Crippen molar-refractivity contribution in [1.82, 2.24) is 4.90 Å². The van der Waals surface area contributed by atoms with Crippen LogP contribution in [0.4, 0.5) is 4.79 Å². The van der Waals surface area contributed by atoms with Gasteiger partial charge in [-0.05, 0) is 68.1 Å². The fourth-order valence-corrected chi connectivity index (χ4v) is 3.59. The Balaban J connectivity index is 1.40. The third-order valence-corrected chi connectivity index (χ3v) is 5.74. The van der Waals surface area contributed by atoms with E-state index in [-0.39, 0.29) is 18.1 Å². The molecule has 1 N–H and O–H groups in total. The summed E-state index contributed by atoms with van der Waals surface area (Å²) in [6.07, 6.45) is 5.35. The summed E-state index contributed by atoms with van der Waals surface area (Å²) >= 11 is 0. The molecule has 1 saturated heterocycles. The van der Waals surface area contributed by atoms with E-state index in [1.165, 1.54) is 17.7 Å². The van der Waals surface area contributed by atoms with Crippen LogP contribution in [0, 0.1) is 11.8 Å². The first kappa shape index (κ1) is 18.3. The fraction of sp³-hybridized carbons (Fsp3) is 0.619. The van der Waals surface area contributed by atoms with Crippen molar-refractivity contribution in [3.63, 3.8) is 0 Å². The maximum absolute atomic E-state index is 12.1. The molecule has 2 aliphatic carbocycles. The van der Waals surface area contributed by atoms with Gasteiger partial charge >= 0.3 is 12.1 Å². The minimum Gasteiger partial charge on any atom is -0.465 e. The van der Waals surface area contributed by atoms with Gasteiger partial charge in [0.1, 0.15) is 0 Å². The Hall–Kier alpha value is -2.08. The molecular formula is C21H27NO5. The monoisotopic (exact) mass is 373 g/mol. The van der Waals surface area contributed by atoms with E-state index in [0.717, 1.165) is 31.4 Å². The molecule has 6 nitrogen and oxygen atoms in total. The Labute approximate surface area is 159 Å². The van der Waals surface area contributed by atoms with Crippen LogP contribution in [0.5, 0.6) is 0 Å². The highest BCUT2D eigenvalue weighted by Gasteiger charge is 2.34. The lowest BCUT2D eigenvalue weighted by Gasteiger charge is -2.38. The number of hydrogen-bond donors (Lipinski definition) is 1. The normalized spacial score (nSPS) is 25.3. The van der Waals surface area contributed by atoms with Crippen LogP contribution in [-0.2, 0) is 9.47 Å². The van der Waals surface area contributed by atoms with Gasteiger partial charge in [0.05, 0.1) is 24.3 Å². The molecule has 1 aliphatic heterocycles. The van der Waals surface area contributed by atoms with Crippen molar-refractivity contribution < 1.29 is 24.2 Å². The van der Waals surface area contributed by atoms with Gasteiger partial charge in [-0.1, -0.05) is 12.1 Å². The average molecular weight is 373 g/mol. The maximum Gasteiger partial charge on any atom is 0.407 e. The molecule has 3 aliphatic rings. The molecule has 0 bridgehead atoms. The molecule has 27 heavy (non-hydrogen) atoms. The second kappa shape index (κ2) is 7.89. The van der Waals surface area contributed by atoms with Crippen LogP contribution in [0.2, 0.25) is 0 Å². The van der Waals surface area contributed by atoms with E-state index < -0.39 is 6.09 Å². The van der Waals surface area contributed by atoms with Crippen molar-refractivity contribution in [2.45, 2.75) is 50.7 Å². The van der Waals surface area contributed by atoms with Gasteiger partial charge in [-0.3, -0.25) is 0 Å². The Bertz CT molecular complexity index is 680. The number of amides is 1. The minimum absolute atomic E-state index is 0.0920. The van der Waals surface area contributed by atoms with Crippen LogP contribution in [0.15, 0.2) is 24.3 Å². The van der Waals surface area contributed by atoms with E-state index in [2.05, 4.69) is 0 Å². The number of piperidine rings is 1. The first-order valence-corrected chi connectivity index (χ1v) is 9.98. The third-order valence-electron chi connectivity index (χ3n) is 5.74. The van der Waals surface area contributed by atoms with Crippen LogP contribution in [0.25, 0.3) is 0 Å². The van der Waals surface area contributed by atoms with E-state index in [9.17, 15) is 14.7 Å². The number of ether oxygens (including phenoxy) is 2. The van der Waals surface area contributed by atoms with Gasteiger partial charge in [-0.25, -0.2) is 9.59 Å². The maximum atomic E-state index is 12.1. The molecule has 1 heterocycles. The molecule has 1 amide bonds. The molecule has 3 fully saturated rings. The zero-order chi connectivity index (χ0) is 18.8. The first-order chi connectivity index (χ1) is 13.1. The van der Waals surface area contributed by atoms with Crippen molar-refractivity contribution in [3.8, 4) is 0 Å². The molecule has 146 valence electrons. The molecule has 4 rings (SSSR count). The number of hydrogen-bond acceptors (Lipinski definition) is 4. The Morgan fingerprint density at radius 2 is 1.67 bits per heavy atom. The molecule has 1 aromatic carbocycles. The average Bonchev–Trinajstić information content (AvgIpc) is 3.59. The number of carbonyl (C=O) groups excluding carboxylic acids is 1.